The van der Waals surface area contributed by atoms with Crippen LogP contribution in [0.1, 0.15) is 77.3 Å². The second-order valence-electron chi connectivity index (χ2n) is 12.9. The number of ether oxygens (including phenoxy) is 2. The Labute approximate surface area is 243 Å². The number of benzene rings is 1. The lowest BCUT2D eigenvalue weighted by Crippen LogP contribution is -2.39. The average molecular weight is 562 g/mol. The van der Waals surface area contributed by atoms with Gasteiger partial charge >= 0.3 is 5.97 Å². The predicted molar refractivity (Wildman–Crippen MR) is 160 cm³/mol. The molecule has 0 spiro atoms. The molecule has 8 heteroatoms. The molecule has 2 aromatic heterocycles. The third kappa shape index (κ3) is 7.43. The van der Waals surface area contributed by atoms with Crippen molar-refractivity contribution in [3.05, 3.63) is 71.7 Å². The van der Waals surface area contributed by atoms with E-state index in [1.54, 1.807) is 19.3 Å². The van der Waals surface area contributed by atoms with Gasteiger partial charge in [0, 0.05) is 36.1 Å². The van der Waals surface area contributed by atoms with Gasteiger partial charge in [0.1, 0.15) is 18.0 Å². The molecule has 2 N–H and O–H groups in total. The minimum absolute atomic E-state index is 0.0630. The summed E-state index contributed by atoms with van der Waals surface area (Å²) in [6.07, 6.45) is 4.17. The number of aromatic nitrogens is 2. The summed E-state index contributed by atoms with van der Waals surface area (Å²) in [5.74, 6) is -0.534. The van der Waals surface area contributed by atoms with Crippen molar-refractivity contribution in [2.24, 2.45) is 5.41 Å². The van der Waals surface area contributed by atoms with Gasteiger partial charge in [0.2, 0.25) is 0 Å². The van der Waals surface area contributed by atoms with Crippen LogP contribution in [0.4, 0.5) is 5.69 Å². The van der Waals surface area contributed by atoms with Gasteiger partial charge in [-0.25, -0.2) is 4.79 Å². The highest BCUT2D eigenvalue weighted by Crippen LogP contribution is 2.43. The van der Waals surface area contributed by atoms with Crippen molar-refractivity contribution in [2.45, 2.75) is 78.6 Å². The summed E-state index contributed by atoms with van der Waals surface area (Å²) in [6, 6.07) is 13.1. The Kier molecular flexibility index (Phi) is 8.76. The van der Waals surface area contributed by atoms with E-state index in [-0.39, 0.29) is 12.0 Å². The molecule has 220 valence electrons. The highest BCUT2D eigenvalue weighted by Gasteiger charge is 2.36. The van der Waals surface area contributed by atoms with E-state index in [1.807, 2.05) is 70.2 Å². The summed E-state index contributed by atoms with van der Waals surface area (Å²) < 4.78 is 12.0. The summed E-state index contributed by atoms with van der Waals surface area (Å²) in [7, 11) is 0. The molecule has 0 unspecified atom stereocenters. The van der Waals surface area contributed by atoms with Gasteiger partial charge in [0.05, 0.1) is 23.2 Å². The Balaban J connectivity index is 1.71. The molecule has 0 saturated carbocycles. The van der Waals surface area contributed by atoms with Gasteiger partial charge in [-0.1, -0.05) is 44.2 Å². The summed E-state index contributed by atoms with van der Waals surface area (Å²) in [5.41, 5.74) is 2.52. The molecule has 0 amide bonds. The van der Waals surface area contributed by atoms with Crippen molar-refractivity contribution in [3.63, 3.8) is 0 Å². The zero-order valence-corrected chi connectivity index (χ0v) is 25.3. The lowest BCUT2D eigenvalue weighted by atomic mass is 9.82. The van der Waals surface area contributed by atoms with Gasteiger partial charge < -0.3 is 24.6 Å². The van der Waals surface area contributed by atoms with E-state index in [0.29, 0.717) is 22.7 Å². The first kappa shape index (κ1) is 30.5. The molecule has 0 bridgehead atoms. The Bertz CT molecular complexity index is 1340. The minimum atomic E-state index is -1.18. The number of aliphatic carboxylic acids is 1. The van der Waals surface area contributed by atoms with E-state index in [4.69, 9.17) is 14.5 Å². The van der Waals surface area contributed by atoms with E-state index < -0.39 is 23.3 Å². The number of carboxylic acid groups (broad SMARTS) is 1. The van der Waals surface area contributed by atoms with Gasteiger partial charge in [-0.15, -0.1) is 0 Å². The van der Waals surface area contributed by atoms with E-state index in [1.165, 1.54) is 0 Å². The first-order chi connectivity index (χ1) is 19.2. The molecule has 3 heterocycles. The summed E-state index contributed by atoms with van der Waals surface area (Å²) in [6.45, 7) is 15.3. The molecule has 3 aromatic rings. The molecule has 1 aliphatic rings. The number of anilines is 1. The lowest BCUT2D eigenvalue weighted by molar-refractivity contribution is -0.160. The Morgan fingerprint density at radius 3 is 2.24 bits per heavy atom. The normalized spacial score (nSPS) is 17.5. The minimum Gasteiger partial charge on any atom is -0.489 e. The van der Waals surface area contributed by atoms with Crippen LogP contribution in [0, 0.1) is 12.3 Å². The van der Waals surface area contributed by atoms with Crippen molar-refractivity contribution in [1.82, 2.24) is 9.97 Å². The molecular formula is C33H43N3O5. The van der Waals surface area contributed by atoms with E-state index in [0.717, 1.165) is 42.7 Å². The highest BCUT2D eigenvalue weighted by molar-refractivity contribution is 5.85. The van der Waals surface area contributed by atoms with Crippen LogP contribution in [0.5, 0.6) is 5.75 Å². The number of pyridine rings is 2. The molecule has 0 aliphatic carbocycles. The summed E-state index contributed by atoms with van der Waals surface area (Å²) in [5, 5.41) is 21.2. The van der Waals surface area contributed by atoms with Gasteiger partial charge in [0.25, 0.3) is 0 Å². The fourth-order valence-corrected chi connectivity index (χ4v) is 5.10. The average Bonchev–Trinajstić information content (AvgIpc) is 2.91. The number of hydrogen-bond acceptors (Lipinski definition) is 7. The molecule has 41 heavy (non-hydrogen) atoms. The van der Waals surface area contributed by atoms with Gasteiger partial charge in [-0.2, -0.15) is 0 Å². The summed E-state index contributed by atoms with van der Waals surface area (Å²) >= 11 is 0. The second kappa shape index (κ2) is 11.8. The van der Waals surface area contributed by atoms with Crippen molar-refractivity contribution >= 4 is 11.7 Å². The van der Waals surface area contributed by atoms with Crippen LogP contribution >= 0.6 is 0 Å². The third-order valence-corrected chi connectivity index (χ3v) is 7.61. The van der Waals surface area contributed by atoms with Crippen LogP contribution in [0.15, 0.2) is 54.9 Å². The van der Waals surface area contributed by atoms with Crippen LogP contribution in [0.2, 0.25) is 0 Å². The molecule has 4 rings (SSSR count). The van der Waals surface area contributed by atoms with E-state index in [9.17, 15) is 15.0 Å². The number of carboxylic acids is 1. The molecule has 8 nitrogen and oxygen atoms in total. The largest absolute Gasteiger partial charge is 0.489 e. The van der Waals surface area contributed by atoms with Crippen LogP contribution in [-0.4, -0.2) is 51.4 Å². The summed E-state index contributed by atoms with van der Waals surface area (Å²) in [4.78, 5) is 24.2. The van der Waals surface area contributed by atoms with E-state index in [2.05, 4.69) is 23.7 Å². The molecule has 1 aliphatic heterocycles. The lowest BCUT2D eigenvalue weighted by Gasteiger charge is -2.40. The standard InChI is InChI=1S/C33H43N3O5/c1-22-27(29(30(37)38)41-31(2,3)4)28(36-17-15-32(5,6)16-18-36)25(20-34-22)26-14-13-24(19-35-26)40-21-33(7,39)23-11-9-8-10-12-23/h8-14,19-20,29,39H,15-18,21H2,1-7H3,(H,37,38)/t29-,33-/m0/s1. The van der Waals surface area contributed by atoms with E-state index >= 15 is 0 Å². The Morgan fingerprint density at radius 1 is 1.02 bits per heavy atom. The fraction of sp³-hybridized carbons (Fsp3) is 0.485. The van der Waals surface area contributed by atoms with Crippen molar-refractivity contribution in [1.29, 1.82) is 0 Å². The zero-order valence-electron chi connectivity index (χ0n) is 25.3. The molecular weight excluding hydrogens is 518 g/mol. The van der Waals surface area contributed by atoms with Gasteiger partial charge in [0.15, 0.2) is 6.10 Å². The first-order valence-electron chi connectivity index (χ1n) is 14.2. The predicted octanol–water partition coefficient (Wildman–Crippen LogP) is 6.31. The smallest absolute Gasteiger partial charge is 0.337 e. The van der Waals surface area contributed by atoms with Crippen molar-refractivity contribution in [3.8, 4) is 17.0 Å². The maximum atomic E-state index is 12.6. The van der Waals surface area contributed by atoms with Crippen molar-refractivity contribution in [2.75, 3.05) is 24.6 Å². The van der Waals surface area contributed by atoms with Crippen LogP contribution in [-0.2, 0) is 15.1 Å². The number of rotatable bonds is 9. The quantitative estimate of drug-likeness (QED) is 0.313. The maximum absolute atomic E-state index is 12.6. The number of aryl methyl sites for hydroxylation is 1. The highest BCUT2D eigenvalue weighted by atomic mass is 16.5. The number of carbonyl (C=O) groups is 1. The molecule has 1 saturated heterocycles. The Morgan fingerprint density at radius 2 is 1.68 bits per heavy atom. The Hall–Kier alpha value is -3.49. The third-order valence-electron chi connectivity index (χ3n) is 7.61. The number of hydrogen-bond donors (Lipinski definition) is 2. The van der Waals surface area contributed by atoms with Gasteiger partial charge in [-0.05, 0) is 70.6 Å². The second-order valence-corrected chi connectivity index (χ2v) is 12.9. The van der Waals surface area contributed by atoms with Crippen LogP contribution < -0.4 is 9.64 Å². The van der Waals surface area contributed by atoms with Crippen molar-refractivity contribution < 1.29 is 24.5 Å². The van der Waals surface area contributed by atoms with Gasteiger partial charge in [-0.3, -0.25) is 9.97 Å². The molecule has 2 atom stereocenters. The topological polar surface area (TPSA) is 105 Å². The SMILES string of the molecule is Cc1ncc(-c2ccc(OC[C@](C)(O)c3ccccc3)cn2)c(N2CCC(C)(C)CC2)c1[C@H](OC(C)(C)C)C(=O)O. The van der Waals surface area contributed by atoms with Crippen LogP contribution in [0.25, 0.3) is 11.3 Å². The molecule has 1 fully saturated rings. The van der Waals surface area contributed by atoms with Crippen LogP contribution in [0.3, 0.4) is 0 Å². The monoisotopic (exact) mass is 561 g/mol. The first-order valence-corrected chi connectivity index (χ1v) is 14.2. The fourth-order valence-electron chi connectivity index (χ4n) is 5.10. The molecule has 1 aromatic carbocycles. The number of nitrogens with zero attached hydrogens (tertiary/aromatic N) is 3. The number of piperidine rings is 1. The number of aliphatic hydroxyl groups is 1. The molecule has 0 radical (unpaired) electrons. The maximum Gasteiger partial charge on any atom is 0.337 e. The zero-order chi connectivity index (χ0) is 30.0.